The van der Waals surface area contributed by atoms with Crippen molar-refractivity contribution < 1.29 is 4.79 Å². The van der Waals surface area contributed by atoms with E-state index in [1.165, 1.54) is 58.4 Å². The fourth-order valence-electron chi connectivity index (χ4n) is 4.76. The van der Waals surface area contributed by atoms with Gasteiger partial charge in [-0.05, 0) is 64.6 Å². The van der Waals surface area contributed by atoms with Gasteiger partial charge in [-0.25, -0.2) is 0 Å². The Morgan fingerprint density at radius 1 is 0.733 bits per heavy atom. The molecule has 0 unspecified atom stereocenters. The molecule has 0 radical (unpaired) electrons. The van der Waals surface area contributed by atoms with Crippen LogP contribution in [0.15, 0.2) is 72.8 Å². The van der Waals surface area contributed by atoms with Gasteiger partial charge in [0.05, 0.1) is 0 Å². The van der Waals surface area contributed by atoms with Gasteiger partial charge in [-0.3, -0.25) is 4.79 Å². The predicted molar refractivity (Wildman–Crippen MR) is 127 cm³/mol. The lowest BCUT2D eigenvalue weighted by atomic mass is 9.86. The van der Waals surface area contributed by atoms with E-state index in [2.05, 4.69) is 42.5 Å². The maximum Gasteiger partial charge on any atom is 0.167 e. The summed E-state index contributed by atoms with van der Waals surface area (Å²) in [6.07, 6.45) is 9.50. The second kappa shape index (κ2) is 7.79. The molecule has 2 aliphatic carbocycles. The molecule has 4 aromatic rings. The van der Waals surface area contributed by atoms with Crippen molar-refractivity contribution in [1.29, 1.82) is 0 Å². The van der Waals surface area contributed by atoms with Crippen molar-refractivity contribution in [1.82, 2.24) is 0 Å². The molecule has 4 aromatic carbocycles. The number of benzene rings is 4. The number of hydrogen-bond donors (Lipinski definition) is 1. The van der Waals surface area contributed by atoms with Crippen molar-refractivity contribution in [2.45, 2.75) is 32.1 Å². The third-order valence-corrected chi connectivity index (χ3v) is 6.27. The highest BCUT2D eigenvalue weighted by atomic mass is 16.1. The Balaban J connectivity index is 0.000000149. The summed E-state index contributed by atoms with van der Waals surface area (Å²) in [5, 5.41) is 5.18. The standard InChI is InChI=1S/C18H17N.C10H8O/c19-18-11-17-13-6-2-1-5-12(13)9-10-15(17)14-7-3-4-8-16(14)18;11-10-7-3-5-8-4-1-2-6-9(8)10/h3-4,7-11H,1-2,5-6,19H2;1-6H,7H2. The average molecular weight is 392 g/mol. The Kier molecular flexibility index (Phi) is 4.84. The molecule has 0 aromatic heterocycles. The van der Waals surface area contributed by atoms with Gasteiger partial charge in [-0.2, -0.15) is 0 Å². The van der Waals surface area contributed by atoms with Crippen molar-refractivity contribution in [3.63, 3.8) is 0 Å². The molecule has 6 rings (SSSR count). The van der Waals surface area contributed by atoms with Crippen LogP contribution in [0.5, 0.6) is 0 Å². The molecule has 2 nitrogen and oxygen atoms in total. The van der Waals surface area contributed by atoms with Crippen molar-refractivity contribution in [2.24, 2.45) is 0 Å². The van der Waals surface area contributed by atoms with Crippen LogP contribution in [0.4, 0.5) is 5.69 Å². The summed E-state index contributed by atoms with van der Waals surface area (Å²) < 4.78 is 0. The first-order valence-electron chi connectivity index (χ1n) is 10.7. The number of rotatable bonds is 0. The second-order valence-electron chi connectivity index (χ2n) is 8.13. The number of nitrogen functional groups attached to an aromatic ring is 1. The minimum absolute atomic E-state index is 0.225. The lowest BCUT2D eigenvalue weighted by Gasteiger charge is -2.19. The summed E-state index contributed by atoms with van der Waals surface area (Å²) in [6.45, 7) is 0. The summed E-state index contributed by atoms with van der Waals surface area (Å²) in [4.78, 5) is 11.2. The SMILES string of the molecule is Nc1cc2c3c(ccc2c2ccccc12)CCCC3.O=C1CC=Cc2ccccc21. The zero-order valence-corrected chi connectivity index (χ0v) is 17.0. The third-order valence-electron chi connectivity index (χ3n) is 6.27. The maximum absolute atomic E-state index is 11.2. The molecule has 0 heterocycles. The van der Waals surface area contributed by atoms with Crippen LogP contribution in [0, 0.1) is 0 Å². The van der Waals surface area contributed by atoms with Crippen LogP contribution in [0.1, 0.15) is 46.3 Å². The van der Waals surface area contributed by atoms with Crippen LogP contribution in [-0.4, -0.2) is 5.78 Å². The lowest BCUT2D eigenvalue weighted by molar-refractivity contribution is 0.0994. The molecule has 0 atom stereocenters. The predicted octanol–water partition coefficient (Wildman–Crippen LogP) is 6.74. The van der Waals surface area contributed by atoms with Crippen LogP contribution >= 0.6 is 0 Å². The van der Waals surface area contributed by atoms with E-state index >= 15 is 0 Å². The minimum Gasteiger partial charge on any atom is -0.398 e. The molecule has 2 N–H and O–H groups in total. The number of fused-ring (bicyclic) bond motifs is 6. The highest BCUT2D eigenvalue weighted by Gasteiger charge is 2.14. The third kappa shape index (κ3) is 3.29. The highest BCUT2D eigenvalue weighted by molar-refractivity contribution is 6.13. The smallest absolute Gasteiger partial charge is 0.167 e. The van der Waals surface area contributed by atoms with E-state index < -0.39 is 0 Å². The molecule has 0 amide bonds. The normalized spacial score (nSPS) is 14.7. The quantitative estimate of drug-likeness (QED) is 0.266. The van der Waals surface area contributed by atoms with Crippen LogP contribution in [-0.2, 0) is 12.8 Å². The van der Waals surface area contributed by atoms with E-state index in [4.69, 9.17) is 5.73 Å². The molecule has 0 fully saturated rings. The first kappa shape index (κ1) is 18.6. The van der Waals surface area contributed by atoms with Crippen molar-refractivity contribution in [3.8, 4) is 0 Å². The second-order valence-corrected chi connectivity index (χ2v) is 8.13. The topological polar surface area (TPSA) is 43.1 Å². The van der Waals surface area contributed by atoms with E-state index in [0.29, 0.717) is 6.42 Å². The highest BCUT2D eigenvalue weighted by Crippen LogP contribution is 2.35. The van der Waals surface area contributed by atoms with Gasteiger partial charge in [0.2, 0.25) is 0 Å². The molecule has 0 saturated heterocycles. The fraction of sp³-hybridized carbons (Fsp3) is 0.179. The van der Waals surface area contributed by atoms with Crippen molar-refractivity contribution >= 4 is 39.1 Å². The lowest BCUT2D eigenvalue weighted by Crippen LogP contribution is -2.03. The Morgan fingerprint density at radius 2 is 1.47 bits per heavy atom. The largest absolute Gasteiger partial charge is 0.398 e. The number of anilines is 1. The van der Waals surface area contributed by atoms with Gasteiger partial charge >= 0.3 is 0 Å². The molecular weight excluding hydrogens is 366 g/mol. The first-order chi connectivity index (χ1) is 14.7. The van der Waals surface area contributed by atoms with Gasteiger partial charge in [0.15, 0.2) is 5.78 Å². The van der Waals surface area contributed by atoms with Crippen LogP contribution in [0.2, 0.25) is 0 Å². The Hall–Kier alpha value is -3.39. The van der Waals surface area contributed by atoms with Crippen molar-refractivity contribution in [3.05, 3.63) is 95.1 Å². The molecular formula is C28H25NO. The molecule has 0 aliphatic heterocycles. The zero-order chi connectivity index (χ0) is 20.5. The molecule has 148 valence electrons. The summed E-state index contributed by atoms with van der Waals surface area (Å²) in [6, 6.07) is 22.9. The number of nitrogens with two attached hydrogens (primary N) is 1. The number of carbonyl (C=O) groups is 1. The summed E-state index contributed by atoms with van der Waals surface area (Å²) in [5.41, 5.74) is 12.1. The van der Waals surface area contributed by atoms with Gasteiger partial charge in [0.25, 0.3) is 0 Å². The van der Waals surface area contributed by atoms with Gasteiger partial charge in [-0.15, -0.1) is 0 Å². The molecule has 2 heteroatoms. The molecule has 2 aliphatic rings. The molecule has 30 heavy (non-hydrogen) atoms. The summed E-state index contributed by atoms with van der Waals surface area (Å²) >= 11 is 0. The van der Waals surface area contributed by atoms with E-state index in [-0.39, 0.29) is 5.78 Å². The van der Waals surface area contributed by atoms with Crippen molar-refractivity contribution in [2.75, 3.05) is 5.73 Å². The molecule has 0 spiro atoms. The maximum atomic E-state index is 11.2. The van der Waals surface area contributed by atoms with E-state index in [9.17, 15) is 4.79 Å². The minimum atomic E-state index is 0.225. The van der Waals surface area contributed by atoms with E-state index in [0.717, 1.165) is 16.8 Å². The fourth-order valence-corrected chi connectivity index (χ4v) is 4.76. The van der Waals surface area contributed by atoms with E-state index in [1.54, 1.807) is 0 Å². The van der Waals surface area contributed by atoms with Gasteiger partial charge in [-0.1, -0.05) is 72.8 Å². The zero-order valence-electron chi connectivity index (χ0n) is 17.0. The van der Waals surface area contributed by atoms with Crippen LogP contribution < -0.4 is 5.73 Å². The molecule has 0 saturated carbocycles. The Bertz CT molecular complexity index is 1300. The number of Topliss-reactive ketones (excluding diaryl/α,β-unsaturated/α-hetero) is 1. The van der Waals surface area contributed by atoms with Crippen LogP contribution in [0.3, 0.4) is 0 Å². The Labute approximate surface area is 177 Å². The molecule has 0 bridgehead atoms. The summed E-state index contributed by atoms with van der Waals surface area (Å²) in [7, 11) is 0. The van der Waals surface area contributed by atoms with E-state index in [1.807, 2.05) is 36.4 Å². The number of allylic oxidation sites excluding steroid dienone is 1. The number of ketones is 1. The number of carbonyl (C=O) groups excluding carboxylic acids is 1. The monoisotopic (exact) mass is 391 g/mol. The van der Waals surface area contributed by atoms with Gasteiger partial charge < -0.3 is 5.73 Å². The number of hydrogen-bond acceptors (Lipinski definition) is 2. The van der Waals surface area contributed by atoms with Crippen LogP contribution in [0.25, 0.3) is 27.6 Å². The van der Waals surface area contributed by atoms with Gasteiger partial charge in [0.1, 0.15) is 0 Å². The average Bonchev–Trinajstić information content (AvgIpc) is 2.80. The first-order valence-corrected chi connectivity index (χ1v) is 10.7. The Morgan fingerprint density at radius 3 is 2.33 bits per heavy atom. The number of aryl methyl sites for hydroxylation is 2. The summed E-state index contributed by atoms with van der Waals surface area (Å²) in [5.74, 6) is 0.225. The van der Waals surface area contributed by atoms with Gasteiger partial charge in [0, 0.05) is 23.1 Å².